The summed E-state index contributed by atoms with van der Waals surface area (Å²) in [4.78, 5) is 28.5. The van der Waals surface area contributed by atoms with Gasteiger partial charge in [0, 0.05) is 12.3 Å². The molecule has 3 rings (SSSR count). The lowest BCUT2D eigenvalue weighted by molar-refractivity contribution is -0.130. The van der Waals surface area contributed by atoms with Gasteiger partial charge in [-0.2, -0.15) is 0 Å². The smallest absolute Gasteiger partial charge is 0.319 e. The van der Waals surface area contributed by atoms with E-state index in [4.69, 9.17) is 4.74 Å². The lowest BCUT2D eigenvalue weighted by Crippen LogP contribution is -2.52. The maximum Gasteiger partial charge on any atom is 0.319 e. The topological polar surface area (TPSA) is 113 Å². The van der Waals surface area contributed by atoms with Gasteiger partial charge in [0.1, 0.15) is 17.7 Å². The molecule has 31 heavy (non-hydrogen) atoms. The minimum absolute atomic E-state index is 0.108. The number of anilines is 1. The number of urea groups is 1. The summed E-state index contributed by atoms with van der Waals surface area (Å²) < 4.78 is 32.7. The number of pyridine rings is 1. The third-order valence-electron chi connectivity index (χ3n) is 4.89. The molecule has 8 nitrogen and oxygen atoms in total. The zero-order valence-corrected chi connectivity index (χ0v) is 16.7. The lowest BCUT2D eigenvalue weighted by atomic mass is 9.97. The summed E-state index contributed by atoms with van der Waals surface area (Å²) in [6, 6.07) is 6.85. The highest BCUT2D eigenvalue weighted by molar-refractivity contribution is 5.89. The van der Waals surface area contributed by atoms with Gasteiger partial charge in [0.15, 0.2) is 0 Å². The van der Waals surface area contributed by atoms with E-state index in [1.54, 1.807) is 18.3 Å². The Hall–Kier alpha value is -3.11. The fraction of sp³-hybridized carbons (Fsp3) is 0.381. The van der Waals surface area contributed by atoms with Gasteiger partial charge in [-0.05, 0) is 37.1 Å². The molecule has 1 fully saturated rings. The van der Waals surface area contributed by atoms with Crippen LogP contribution in [-0.2, 0) is 16.1 Å². The van der Waals surface area contributed by atoms with Crippen LogP contribution in [-0.4, -0.2) is 46.9 Å². The van der Waals surface area contributed by atoms with Crippen molar-refractivity contribution >= 4 is 17.6 Å². The SMILES string of the molecule is O=C(C[C@@H]1CC[C@@H](NC(=O)Nc2cc(F)ccc2F)[C@@H](CO)O1)NCc1ccccn1. The third-order valence-corrected chi connectivity index (χ3v) is 4.89. The van der Waals surface area contributed by atoms with Crippen molar-refractivity contribution in [2.45, 2.75) is 44.1 Å². The number of carbonyl (C=O) groups is 2. The summed E-state index contributed by atoms with van der Waals surface area (Å²) in [6.07, 6.45) is 1.53. The number of nitrogens with one attached hydrogen (secondary N) is 3. The van der Waals surface area contributed by atoms with Gasteiger partial charge < -0.3 is 25.8 Å². The first-order valence-electron chi connectivity index (χ1n) is 9.90. The Bertz CT molecular complexity index is 900. The molecule has 1 aromatic carbocycles. The molecule has 166 valence electrons. The van der Waals surface area contributed by atoms with E-state index in [0.29, 0.717) is 19.4 Å². The van der Waals surface area contributed by atoms with E-state index in [2.05, 4.69) is 20.9 Å². The molecule has 1 aliphatic rings. The van der Waals surface area contributed by atoms with Gasteiger partial charge >= 0.3 is 6.03 Å². The summed E-state index contributed by atoms with van der Waals surface area (Å²) in [7, 11) is 0. The van der Waals surface area contributed by atoms with Gasteiger partial charge in [-0.25, -0.2) is 13.6 Å². The largest absolute Gasteiger partial charge is 0.394 e. The van der Waals surface area contributed by atoms with Crippen LogP contribution in [0.2, 0.25) is 0 Å². The van der Waals surface area contributed by atoms with E-state index in [-0.39, 0.29) is 24.6 Å². The van der Waals surface area contributed by atoms with Gasteiger partial charge in [-0.3, -0.25) is 9.78 Å². The van der Waals surface area contributed by atoms with Crippen LogP contribution < -0.4 is 16.0 Å². The van der Waals surface area contributed by atoms with Crippen molar-refractivity contribution in [3.63, 3.8) is 0 Å². The molecule has 4 N–H and O–H groups in total. The lowest BCUT2D eigenvalue weighted by Gasteiger charge is -2.35. The van der Waals surface area contributed by atoms with Gasteiger partial charge in [0.05, 0.1) is 43.1 Å². The van der Waals surface area contributed by atoms with Crippen LogP contribution in [0.15, 0.2) is 42.6 Å². The fourth-order valence-electron chi connectivity index (χ4n) is 3.34. The van der Waals surface area contributed by atoms with Crippen molar-refractivity contribution in [3.8, 4) is 0 Å². The van der Waals surface area contributed by atoms with Crippen LogP contribution >= 0.6 is 0 Å². The average molecular weight is 434 g/mol. The molecule has 0 unspecified atom stereocenters. The molecule has 0 spiro atoms. The number of rotatable bonds is 7. The molecule has 1 aromatic heterocycles. The summed E-state index contributed by atoms with van der Waals surface area (Å²) in [5.74, 6) is -1.67. The maximum absolute atomic E-state index is 13.7. The second kappa shape index (κ2) is 10.8. The number of halogens is 2. The van der Waals surface area contributed by atoms with Crippen molar-refractivity contribution < 1.29 is 28.2 Å². The van der Waals surface area contributed by atoms with Gasteiger partial charge in [-0.1, -0.05) is 6.07 Å². The van der Waals surface area contributed by atoms with Crippen molar-refractivity contribution in [1.29, 1.82) is 0 Å². The van der Waals surface area contributed by atoms with Crippen molar-refractivity contribution in [1.82, 2.24) is 15.6 Å². The maximum atomic E-state index is 13.7. The zero-order valence-electron chi connectivity index (χ0n) is 16.7. The van der Waals surface area contributed by atoms with Gasteiger partial charge in [0.2, 0.25) is 5.91 Å². The number of amides is 3. The van der Waals surface area contributed by atoms with Crippen molar-refractivity contribution in [2.75, 3.05) is 11.9 Å². The summed E-state index contributed by atoms with van der Waals surface area (Å²) in [6.45, 7) is -0.0673. The van der Waals surface area contributed by atoms with E-state index in [1.165, 1.54) is 0 Å². The second-order valence-corrected chi connectivity index (χ2v) is 7.19. The summed E-state index contributed by atoms with van der Waals surface area (Å²) in [5, 5.41) is 17.3. The monoisotopic (exact) mass is 434 g/mol. The number of benzene rings is 1. The predicted molar refractivity (Wildman–Crippen MR) is 108 cm³/mol. The van der Waals surface area contributed by atoms with Gasteiger partial charge in [-0.15, -0.1) is 0 Å². The molecule has 3 atom stereocenters. The highest BCUT2D eigenvalue weighted by Gasteiger charge is 2.33. The second-order valence-electron chi connectivity index (χ2n) is 7.19. The molecule has 3 amide bonds. The van der Waals surface area contributed by atoms with Crippen molar-refractivity contribution in [3.05, 3.63) is 59.9 Å². The highest BCUT2D eigenvalue weighted by atomic mass is 19.1. The first-order chi connectivity index (χ1) is 14.9. The Morgan fingerprint density at radius 3 is 2.77 bits per heavy atom. The van der Waals surface area contributed by atoms with E-state index in [9.17, 15) is 23.5 Å². The van der Waals surface area contributed by atoms with E-state index >= 15 is 0 Å². The predicted octanol–water partition coefficient (Wildman–Crippen LogP) is 2.10. The highest BCUT2D eigenvalue weighted by Crippen LogP contribution is 2.22. The molecule has 0 radical (unpaired) electrons. The van der Waals surface area contributed by atoms with Crippen LogP contribution in [0.5, 0.6) is 0 Å². The average Bonchev–Trinajstić information content (AvgIpc) is 2.76. The number of nitrogens with zero attached hydrogens (tertiary/aromatic N) is 1. The van der Waals surface area contributed by atoms with E-state index < -0.39 is 35.9 Å². The Morgan fingerprint density at radius 2 is 2.03 bits per heavy atom. The van der Waals surface area contributed by atoms with Crippen LogP contribution in [0.4, 0.5) is 19.3 Å². The molecule has 0 bridgehead atoms. The van der Waals surface area contributed by atoms with E-state index in [0.717, 1.165) is 23.9 Å². The minimum atomic E-state index is -0.771. The number of hydrogen-bond donors (Lipinski definition) is 4. The number of ether oxygens (including phenoxy) is 1. The number of aliphatic hydroxyl groups is 1. The first kappa shape index (κ1) is 22.6. The number of aliphatic hydroxyl groups excluding tert-OH is 1. The quantitative estimate of drug-likeness (QED) is 0.533. The zero-order chi connectivity index (χ0) is 22.2. The van der Waals surface area contributed by atoms with Crippen LogP contribution in [0, 0.1) is 11.6 Å². The molecule has 2 aromatic rings. The Kier molecular flexibility index (Phi) is 7.85. The summed E-state index contributed by atoms with van der Waals surface area (Å²) >= 11 is 0. The normalized spacial score (nSPS) is 20.7. The molecule has 1 saturated heterocycles. The van der Waals surface area contributed by atoms with Crippen LogP contribution in [0.25, 0.3) is 0 Å². The first-order valence-corrected chi connectivity index (χ1v) is 9.90. The molecule has 1 aliphatic heterocycles. The number of hydrogen-bond acceptors (Lipinski definition) is 5. The molecule has 2 heterocycles. The Morgan fingerprint density at radius 1 is 1.19 bits per heavy atom. The minimum Gasteiger partial charge on any atom is -0.394 e. The van der Waals surface area contributed by atoms with E-state index in [1.807, 2.05) is 6.07 Å². The molecule has 0 saturated carbocycles. The van der Waals surface area contributed by atoms with Crippen molar-refractivity contribution in [2.24, 2.45) is 0 Å². The standard InChI is InChI=1S/C21H24F2N4O4/c22-13-4-6-16(23)18(9-13)27-21(30)26-17-7-5-15(31-19(17)12-28)10-20(29)25-11-14-3-1-2-8-24-14/h1-4,6,8-9,15,17,19,28H,5,7,10-12H2,(H,25,29)(H2,26,27,30)/t15-,17+,19+/m0/s1. The number of carbonyl (C=O) groups excluding carboxylic acids is 2. The molecule has 0 aliphatic carbocycles. The molecular weight excluding hydrogens is 410 g/mol. The summed E-state index contributed by atoms with van der Waals surface area (Å²) in [5.41, 5.74) is 0.441. The Balaban J connectivity index is 1.46. The van der Waals surface area contributed by atoms with Crippen LogP contribution in [0.1, 0.15) is 25.0 Å². The molecular formula is C21H24F2N4O4. The van der Waals surface area contributed by atoms with Crippen LogP contribution in [0.3, 0.4) is 0 Å². The molecule has 10 heteroatoms. The van der Waals surface area contributed by atoms with Gasteiger partial charge in [0.25, 0.3) is 0 Å². The Labute approximate surface area is 178 Å². The third kappa shape index (κ3) is 6.69. The number of aromatic nitrogens is 1. The fourth-order valence-corrected chi connectivity index (χ4v) is 3.34.